The first-order chi connectivity index (χ1) is 16.3. The quantitative estimate of drug-likeness (QED) is 0.429. The van der Waals surface area contributed by atoms with Crippen LogP contribution in [0.3, 0.4) is 0 Å². The van der Waals surface area contributed by atoms with Gasteiger partial charge in [-0.05, 0) is 61.6 Å². The first-order valence-electron chi connectivity index (χ1n) is 11.7. The topological polar surface area (TPSA) is 86.8 Å². The van der Waals surface area contributed by atoms with Gasteiger partial charge in [0.2, 0.25) is 21.8 Å². The van der Waals surface area contributed by atoms with E-state index in [1.54, 1.807) is 19.1 Å². The number of hydrogen-bond acceptors (Lipinski definition) is 4. The van der Waals surface area contributed by atoms with Gasteiger partial charge in [-0.3, -0.25) is 13.9 Å². The Kier molecular flexibility index (Phi) is 10.3. The molecule has 1 N–H and O–H groups in total. The van der Waals surface area contributed by atoms with Gasteiger partial charge in [-0.2, -0.15) is 0 Å². The Hall–Kier alpha value is -2.39. The van der Waals surface area contributed by atoms with Gasteiger partial charge in [0, 0.05) is 17.1 Å². The molecule has 0 bridgehead atoms. The molecule has 0 saturated carbocycles. The maximum atomic E-state index is 13.6. The van der Waals surface area contributed by atoms with E-state index in [0.29, 0.717) is 11.6 Å². The van der Waals surface area contributed by atoms with Crippen LogP contribution in [0.2, 0.25) is 0 Å². The van der Waals surface area contributed by atoms with E-state index in [2.05, 4.69) is 35.1 Å². The minimum absolute atomic E-state index is 0.0402. The molecule has 0 saturated heterocycles. The molecule has 2 aromatic rings. The van der Waals surface area contributed by atoms with E-state index in [1.165, 1.54) is 4.90 Å². The van der Waals surface area contributed by atoms with Crippen LogP contribution in [0, 0.1) is 0 Å². The van der Waals surface area contributed by atoms with Crippen LogP contribution >= 0.6 is 15.9 Å². The maximum Gasteiger partial charge on any atom is 0.244 e. The normalized spacial score (nSPS) is 13.3. The zero-order valence-corrected chi connectivity index (χ0v) is 23.7. The van der Waals surface area contributed by atoms with Crippen molar-refractivity contribution >= 4 is 43.5 Å². The van der Waals surface area contributed by atoms with Gasteiger partial charge in [-0.25, -0.2) is 8.42 Å². The summed E-state index contributed by atoms with van der Waals surface area (Å²) in [5, 5.41) is 2.92. The highest BCUT2D eigenvalue weighted by atomic mass is 79.9. The Balaban J connectivity index is 2.37. The fourth-order valence-corrected chi connectivity index (χ4v) is 4.59. The van der Waals surface area contributed by atoms with E-state index in [4.69, 9.17) is 0 Å². The summed E-state index contributed by atoms with van der Waals surface area (Å²) in [6, 6.07) is 13.8. The van der Waals surface area contributed by atoms with E-state index in [1.807, 2.05) is 50.2 Å². The van der Waals surface area contributed by atoms with Crippen molar-refractivity contribution in [2.75, 3.05) is 17.1 Å². The van der Waals surface area contributed by atoms with Gasteiger partial charge in [-0.1, -0.05) is 61.0 Å². The number of sulfonamides is 1. The molecule has 0 heterocycles. The third-order valence-electron chi connectivity index (χ3n) is 5.96. The summed E-state index contributed by atoms with van der Waals surface area (Å²) in [4.78, 5) is 27.9. The lowest BCUT2D eigenvalue weighted by Crippen LogP contribution is -2.52. The third-order valence-corrected chi connectivity index (χ3v) is 7.63. The molecule has 0 fully saturated rings. The number of hydrogen-bond donors (Lipinski definition) is 1. The van der Waals surface area contributed by atoms with Crippen LogP contribution in [0.1, 0.15) is 58.1 Å². The molecule has 0 aliphatic heterocycles. The number of halogens is 1. The Bertz CT molecular complexity index is 1100. The Labute approximate surface area is 218 Å². The second kappa shape index (κ2) is 12.5. The zero-order chi connectivity index (χ0) is 26.3. The summed E-state index contributed by atoms with van der Waals surface area (Å²) in [6.07, 6.45) is 1.84. The standard InChI is InChI=1S/C26H36BrN3O4S/c1-7-19(4)28-26(32)20(5)29(16-21-8-12-23(27)13-9-21)25(31)17-30(35(6,33)34)24-14-10-22(11-15-24)18(2)3/h8-15,18-20H,7,16-17H2,1-6H3,(H,28,32). The summed E-state index contributed by atoms with van der Waals surface area (Å²) < 4.78 is 27.3. The molecule has 192 valence electrons. The van der Waals surface area contributed by atoms with E-state index in [0.717, 1.165) is 32.6 Å². The molecule has 0 aromatic heterocycles. The SMILES string of the molecule is CCC(C)NC(=O)C(C)N(Cc1ccc(Br)cc1)C(=O)CN(c1ccc(C(C)C)cc1)S(C)(=O)=O. The number of nitrogens with one attached hydrogen (secondary N) is 1. The lowest BCUT2D eigenvalue weighted by atomic mass is 10.0. The van der Waals surface area contributed by atoms with Crippen molar-refractivity contribution in [1.82, 2.24) is 10.2 Å². The Morgan fingerprint density at radius 1 is 0.971 bits per heavy atom. The number of anilines is 1. The highest BCUT2D eigenvalue weighted by Gasteiger charge is 2.30. The van der Waals surface area contributed by atoms with E-state index >= 15 is 0 Å². The highest BCUT2D eigenvalue weighted by Crippen LogP contribution is 2.23. The van der Waals surface area contributed by atoms with Crippen molar-refractivity contribution in [3.63, 3.8) is 0 Å². The molecule has 0 radical (unpaired) electrons. The summed E-state index contributed by atoms with van der Waals surface area (Å²) in [5.74, 6) is -0.446. The average Bonchev–Trinajstić information content (AvgIpc) is 2.80. The average molecular weight is 567 g/mol. The van der Waals surface area contributed by atoms with Crippen LogP contribution in [-0.4, -0.2) is 50.0 Å². The van der Waals surface area contributed by atoms with Crippen molar-refractivity contribution in [3.8, 4) is 0 Å². The predicted molar refractivity (Wildman–Crippen MR) is 145 cm³/mol. The minimum Gasteiger partial charge on any atom is -0.352 e. The largest absolute Gasteiger partial charge is 0.352 e. The second-order valence-electron chi connectivity index (χ2n) is 9.16. The first kappa shape index (κ1) is 28.8. The number of carbonyl (C=O) groups is 2. The molecule has 0 spiro atoms. The van der Waals surface area contributed by atoms with E-state index in [-0.39, 0.29) is 18.5 Å². The highest BCUT2D eigenvalue weighted by molar-refractivity contribution is 9.10. The number of amides is 2. The van der Waals surface area contributed by atoms with Crippen LogP contribution in [-0.2, 0) is 26.2 Å². The van der Waals surface area contributed by atoms with Crippen molar-refractivity contribution in [2.45, 2.75) is 65.6 Å². The van der Waals surface area contributed by atoms with Crippen LogP contribution < -0.4 is 9.62 Å². The molecule has 2 unspecified atom stereocenters. The molecule has 35 heavy (non-hydrogen) atoms. The molecule has 0 aliphatic carbocycles. The summed E-state index contributed by atoms with van der Waals surface area (Å²) in [6.45, 7) is 9.41. The Morgan fingerprint density at radius 3 is 2.03 bits per heavy atom. The first-order valence-corrected chi connectivity index (χ1v) is 14.4. The fraction of sp³-hybridized carbons (Fsp3) is 0.462. The molecule has 2 atom stereocenters. The molecular weight excluding hydrogens is 530 g/mol. The van der Waals surface area contributed by atoms with Crippen LogP contribution in [0.5, 0.6) is 0 Å². The smallest absolute Gasteiger partial charge is 0.244 e. The van der Waals surface area contributed by atoms with E-state index in [9.17, 15) is 18.0 Å². The van der Waals surface area contributed by atoms with E-state index < -0.39 is 28.5 Å². The van der Waals surface area contributed by atoms with Crippen molar-refractivity contribution in [3.05, 3.63) is 64.1 Å². The van der Waals surface area contributed by atoms with Gasteiger partial charge in [0.05, 0.1) is 11.9 Å². The minimum atomic E-state index is -3.75. The molecule has 7 nitrogen and oxygen atoms in total. The lowest BCUT2D eigenvalue weighted by molar-refractivity contribution is -0.139. The number of rotatable bonds is 11. The van der Waals surface area contributed by atoms with Crippen molar-refractivity contribution in [1.29, 1.82) is 0 Å². The number of benzene rings is 2. The molecule has 0 aliphatic rings. The monoisotopic (exact) mass is 565 g/mol. The molecular formula is C26H36BrN3O4S. The second-order valence-corrected chi connectivity index (χ2v) is 12.0. The maximum absolute atomic E-state index is 13.6. The van der Waals surface area contributed by atoms with Gasteiger partial charge < -0.3 is 10.2 Å². The van der Waals surface area contributed by atoms with Crippen LogP contribution in [0.15, 0.2) is 53.0 Å². The van der Waals surface area contributed by atoms with Gasteiger partial charge in [0.1, 0.15) is 12.6 Å². The number of nitrogens with zero attached hydrogens (tertiary/aromatic N) is 2. The van der Waals surface area contributed by atoms with Gasteiger partial charge in [-0.15, -0.1) is 0 Å². The molecule has 2 aromatic carbocycles. The van der Waals surface area contributed by atoms with Gasteiger partial charge >= 0.3 is 0 Å². The summed E-state index contributed by atoms with van der Waals surface area (Å²) >= 11 is 3.40. The summed E-state index contributed by atoms with van der Waals surface area (Å²) in [5.41, 5.74) is 2.31. The number of carbonyl (C=O) groups excluding carboxylic acids is 2. The van der Waals surface area contributed by atoms with Crippen LogP contribution in [0.4, 0.5) is 5.69 Å². The lowest BCUT2D eigenvalue weighted by Gasteiger charge is -2.32. The zero-order valence-electron chi connectivity index (χ0n) is 21.3. The fourth-order valence-electron chi connectivity index (χ4n) is 3.47. The van der Waals surface area contributed by atoms with Crippen molar-refractivity contribution < 1.29 is 18.0 Å². The van der Waals surface area contributed by atoms with Gasteiger partial charge in [0.15, 0.2) is 0 Å². The third kappa shape index (κ3) is 8.35. The van der Waals surface area contributed by atoms with Gasteiger partial charge in [0.25, 0.3) is 0 Å². The van der Waals surface area contributed by atoms with Crippen LogP contribution in [0.25, 0.3) is 0 Å². The predicted octanol–water partition coefficient (Wildman–Crippen LogP) is 4.67. The summed E-state index contributed by atoms with van der Waals surface area (Å²) in [7, 11) is -3.75. The molecule has 2 amide bonds. The Morgan fingerprint density at radius 2 is 1.54 bits per heavy atom. The molecule has 9 heteroatoms. The molecule has 2 rings (SSSR count). The van der Waals surface area contributed by atoms with Crippen molar-refractivity contribution in [2.24, 2.45) is 0 Å².